The Kier molecular flexibility index (Phi) is 6.89. The maximum atomic E-state index is 13.2. The zero-order valence-corrected chi connectivity index (χ0v) is 15.6. The molecule has 0 saturated carbocycles. The van der Waals surface area contributed by atoms with Crippen molar-refractivity contribution in [2.24, 2.45) is 0 Å². The molecule has 1 saturated heterocycles. The molecule has 1 aliphatic heterocycles. The lowest BCUT2D eigenvalue weighted by atomic mass is 10.1. The Bertz CT molecular complexity index is 831. The molecular formula is C17H18ClF4N5O. The van der Waals surface area contributed by atoms with Crippen molar-refractivity contribution < 1.29 is 22.4 Å². The van der Waals surface area contributed by atoms with Crippen molar-refractivity contribution in [3.05, 3.63) is 41.6 Å². The number of alkyl halides is 4. The Hall–Kier alpha value is -2.33. The van der Waals surface area contributed by atoms with E-state index in [0.29, 0.717) is 11.3 Å². The van der Waals surface area contributed by atoms with E-state index in [9.17, 15) is 22.4 Å². The molecule has 11 heteroatoms. The summed E-state index contributed by atoms with van der Waals surface area (Å²) in [4.78, 5) is 22.9. The predicted octanol–water partition coefficient (Wildman–Crippen LogP) is 2.60. The summed E-state index contributed by atoms with van der Waals surface area (Å²) >= 11 is 0. The Labute approximate surface area is 164 Å². The molecule has 2 aromatic heterocycles. The third kappa shape index (κ3) is 5.14. The van der Waals surface area contributed by atoms with Gasteiger partial charge in [0.1, 0.15) is 6.17 Å². The number of aryl methyl sites for hydroxylation is 1. The molecule has 1 fully saturated rings. The molecule has 0 unspecified atom stereocenters. The lowest BCUT2D eigenvalue weighted by molar-refractivity contribution is -0.145. The number of pyridine rings is 1. The summed E-state index contributed by atoms with van der Waals surface area (Å²) in [7, 11) is 0. The molecule has 0 spiro atoms. The highest BCUT2D eigenvalue weighted by Crippen LogP contribution is 2.27. The zero-order chi connectivity index (χ0) is 19.6. The molecule has 0 radical (unpaired) electrons. The van der Waals surface area contributed by atoms with Gasteiger partial charge in [-0.15, -0.1) is 12.4 Å². The van der Waals surface area contributed by atoms with Crippen LogP contribution in [0.25, 0.3) is 11.3 Å². The van der Waals surface area contributed by atoms with Crippen LogP contribution in [-0.4, -0.2) is 39.6 Å². The summed E-state index contributed by atoms with van der Waals surface area (Å²) in [5.41, 5.74) is 2.26. The molecule has 3 rings (SSSR count). The second kappa shape index (κ2) is 8.78. The van der Waals surface area contributed by atoms with E-state index in [-0.39, 0.29) is 37.8 Å². The number of amides is 1. The van der Waals surface area contributed by atoms with Crippen molar-refractivity contribution in [1.82, 2.24) is 25.6 Å². The Morgan fingerprint density at radius 2 is 1.93 bits per heavy atom. The number of carbonyl (C=O) groups is 1. The second-order valence-electron chi connectivity index (χ2n) is 6.30. The monoisotopic (exact) mass is 419 g/mol. The summed E-state index contributed by atoms with van der Waals surface area (Å²) < 4.78 is 50.8. The minimum Gasteiger partial charge on any atom is -0.351 e. The van der Waals surface area contributed by atoms with Gasteiger partial charge in [-0.1, -0.05) is 0 Å². The van der Waals surface area contributed by atoms with Gasteiger partial charge >= 0.3 is 6.18 Å². The van der Waals surface area contributed by atoms with E-state index in [1.807, 2.05) is 0 Å². The van der Waals surface area contributed by atoms with Gasteiger partial charge in [-0.3, -0.25) is 9.78 Å². The second-order valence-corrected chi connectivity index (χ2v) is 6.30. The number of halogens is 5. The highest BCUT2D eigenvalue weighted by molar-refractivity contribution is 5.85. The summed E-state index contributed by atoms with van der Waals surface area (Å²) in [6.07, 6.45) is -1.84. The van der Waals surface area contributed by atoms with Gasteiger partial charge in [-0.2, -0.15) is 13.2 Å². The number of rotatable bonds is 4. The molecule has 6 nitrogen and oxygen atoms in total. The van der Waals surface area contributed by atoms with Gasteiger partial charge in [0.05, 0.1) is 11.7 Å². The molecular weight excluding hydrogens is 402 g/mol. The van der Waals surface area contributed by atoms with Crippen LogP contribution in [0.4, 0.5) is 17.6 Å². The predicted molar refractivity (Wildman–Crippen MR) is 95.4 cm³/mol. The van der Waals surface area contributed by atoms with Crippen LogP contribution in [0.15, 0.2) is 24.7 Å². The van der Waals surface area contributed by atoms with E-state index in [4.69, 9.17) is 0 Å². The Balaban J connectivity index is 0.00000280. The zero-order valence-electron chi connectivity index (χ0n) is 14.8. The van der Waals surface area contributed by atoms with E-state index in [0.717, 1.165) is 23.5 Å². The largest absolute Gasteiger partial charge is 0.451 e. The summed E-state index contributed by atoms with van der Waals surface area (Å²) in [6.45, 7) is 2.15. The average molecular weight is 420 g/mol. The molecule has 152 valence electrons. The van der Waals surface area contributed by atoms with Gasteiger partial charge in [0.25, 0.3) is 0 Å². The third-order valence-electron chi connectivity index (χ3n) is 4.26. The molecule has 0 aliphatic carbocycles. The molecule has 0 aromatic carbocycles. The van der Waals surface area contributed by atoms with Crippen LogP contribution >= 0.6 is 12.4 Å². The maximum Gasteiger partial charge on any atom is 0.451 e. The van der Waals surface area contributed by atoms with Crippen molar-refractivity contribution in [1.29, 1.82) is 0 Å². The number of nitrogens with zero attached hydrogens (tertiary/aromatic N) is 3. The molecule has 28 heavy (non-hydrogen) atoms. The molecule has 2 aromatic rings. The standard InChI is InChI=1S/C17H17F4N5O.ClH/c1-9-4-22-13(11-6-25-16(26-7-11)17(19,20)21)2-10(9)5-24-15(27)14-3-12(18)8-23-14;/h2,4,6-7,12,14,23H,3,5,8H2,1H3,(H,24,27);1H/t12-,14-;/m1./s1. The Morgan fingerprint density at radius 1 is 1.25 bits per heavy atom. The summed E-state index contributed by atoms with van der Waals surface area (Å²) in [5, 5.41) is 5.54. The van der Waals surface area contributed by atoms with Crippen molar-refractivity contribution in [3.8, 4) is 11.3 Å². The number of carbonyl (C=O) groups excluding carboxylic acids is 1. The highest BCUT2D eigenvalue weighted by Gasteiger charge is 2.34. The first-order valence-electron chi connectivity index (χ1n) is 8.24. The molecule has 3 heterocycles. The smallest absolute Gasteiger partial charge is 0.351 e. The first kappa shape index (κ1) is 22.0. The lowest BCUT2D eigenvalue weighted by Crippen LogP contribution is -2.40. The quantitative estimate of drug-likeness (QED) is 0.745. The molecule has 0 bridgehead atoms. The minimum atomic E-state index is -4.61. The molecule has 1 amide bonds. The molecule has 1 aliphatic rings. The van der Waals surface area contributed by atoms with Gasteiger partial charge in [0, 0.05) is 43.7 Å². The van der Waals surface area contributed by atoms with Crippen molar-refractivity contribution in [3.63, 3.8) is 0 Å². The van der Waals surface area contributed by atoms with E-state index in [2.05, 4.69) is 25.6 Å². The van der Waals surface area contributed by atoms with Crippen LogP contribution in [0.5, 0.6) is 0 Å². The fraction of sp³-hybridized carbons (Fsp3) is 0.412. The summed E-state index contributed by atoms with van der Waals surface area (Å²) in [5.74, 6) is -1.52. The number of hydrogen-bond acceptors (Lipinski definition) is 5. The third-order valence-corrected chi connectivity index (χ3v) is 4.26. The van der Waals surface area contributed by atoms with Gasteiger partial charge in [-0.05, 0) is 24.1 Å². The van der Waals surface area contributed by atoms with Gasteiger partial charge in [0.15, 0.2) is 0 Å². The first-order chi connectivity index (χ1) is 12.7. The minimum absolute atomic E-state index is 0. The fourth-order valence-electron chi connectivity index (χ4n) is 2.72. The molecule has 2 atom stereocenters. The highest BCUT2D eigenvalue weighted by atomic mass is 35.5. The van der Waals surface area contributed by atoms with E-state index < -0.39 is 24.2 Å². The number of aromatic nitrogens is 3. The maximum absolute atomic E-state index is 13.2. The van der Waals surface area contributed by atoms with E-state index in [1.165, 1.54) is 0 Å². The SMILES string of the molecule is Cc1cnc(-c2cnc(C(F)(F)F)nc2)cc1CNC(=O)[C@H]1C[C@@H](F)CN1.Cl. The Morgan fingerprint density at radius 3 is 2.50 bits per heavy atom. The van der Waals surface area contributed by atoms with E-state index >= 15 is 0 Å². The van der Waals surface area contributed by atoms with Crippen LogP contribution < -0.4 is 10.6 Å². The van der Waals surface area contributed by atoms with Crippen LogP contribution in [0.3, 0.4) is 0 Å². The first-order valence-corrected chi connectivity index (χ1v) is 8.24. The topological polar surface area (TPSA) is 79.8 Å². The van der Waals surface area contributed by atoms with E-state index in [1.54, 1.807) is 19.2 Å². The van der Waals surface area contributed by atoms with Crippen molar-refractivity contribution >= 4 is 18.3 Å². The van der Waals surface area contributed by atoms with Crippen LogP contribution in [0, 0.1) is 6.92 Å². The van der Waals surface area contributed by atoms with Crippen molar-refractivity contribution in [2.45, 2.75) is 38.3 Å². The fourth-order valence-corrected chi connectivity index (χ4v) is 2.72. The lowest BCUT2D eigenvalue weighted by Gasteiger charge is -2.13. The van der Waals surface area contributed by atoms with Gasteiger partial charge < -0.3 is 10.6 Å². The summed E-state index contributed by atoms with van der Waals surface area (Å²) in [6, 6.07) is 1.09. The van der Waals surface area contributed by atoms with Gasteiger partial charge in [-0.25, -0.2) is 14.4 Å². The normalized spacial score (nSPS) is 19.2. The van der Waals surface area contributed by atoms with Crippen LogP contribution in [0.1, 0.15) is 23.4 Å². The van der Waals surface area contributed by atoms with Crippen molar-refractivity contribution in [2.75, 3.05) is 6.54 Å². The average Bonchev–Trinajstić information content (AvgIpc) is 3.07. The molecule has 2 N–H and O–H groups in total. The van der Waals surface area contributed by atoms with Crippen LogP contribution in [-0.2, 0) is 17.5 Å². The number of hydrogen-bond donors (Lipinski definition) is 2. The number of nitrogens with one attached hydrogen (secondary N) is 2. The van der Waals surface area contributed by atoms with Crippen LogP contribution in [0.2, 0.25) is 0 Å². The van der Waals surface area contributed by atoms with Gasteiger partial charge in [0.2, 0.25) is 11.7 Å².